The maximum atomic E-state index is 13.2. The van der Waals surface area contributed by atoms with Crippen LogP contribution < -0.4 is 22.1 Å². The van der Waals surface area contributed by atoms with Crippen molar-refractivity contribution in [1.29, 1.82) is 0 Å². The molecule has 13 heteroatoms. The van der Waals surface area contributed by atoms with Crippen LogP contribution in [-0.2, 0) is 30.4 Å². The molecule has 8 N–H and O–H groups in total. The van der Waals surface area contributed by atoms with Crippen LogP contribution in [0.5, 0.6) is 0 Å². The SMILES string of the molecule is CC(C)C(NC(=O)C(N)CC(N)=O)C(=O)NC(Cc1cnc[nH]1)C(=O)N1CCCC1C(=O)O. The van der Waals surface area contributed by atoms with Gasteiger partial charge in [-0.1, -0.05) is 13.8 Å². The first-order valence-electron chi connectivity index (χ1n) is 10.7. The summed E-state index contributed by atoms with van der Waals surface area (Å²) in [6, 6.07) is -4.33. The van der Waals surface area contributed by atoms with Crippen LogP contribution in [0, 0.1) is 5.92 Å². The Kier molecular flexibility index (Phi) is 8.91. The number of H-pyrrole nitrogens is 1. The number of aromatic nitrogens is 2. The third kappa shape index (κ3) is 7.00. The maximum absolute atomic E-state index is 13.2. The fraction of sp³-hybridized carbons (Fsp3) is 0.600. The smallest absolute Gasteiger partial charge is 0.326 e. The number of rotatable bonds is 11. The van der Waals surface area contributed by atoms with E-state index in [2.05, 4.69) is 20.6 Å². The number of nitrogens with one attached hydrogen (secondary N) is 3. The Morgan fingerprint density at radius 1 is 1.24 bits per heavy atom. The van der Waals surface area contributed by atoms with Crippen LogP contribution in [0.4, 0.5) is 0 Å². The van der Waals surface area contributed by atoms with Crippen molar-refractivity contribution in [3.05, 3.63) is 18.2 Å². The third-order valence-corrected chi connectivity index (χ3v) is 5.42. The molecule has 1 aromatic rings. The molecule has 13 nitrogen and oxygen atoms in total. The molecule has 182 valence electrons. The van der Waals surface area contributed by atoms with Crippen molar-refractivity contribution in [2.45, 2.75) is 63.7 Å². The molecular weight excluding hydrogens is 434 g/mol. The first-order chi connectivity index (χ1) is 15.5. The van der Waals surface area contributed by atoms with Crippen LogP contribution in [0.25, 0.3) is 0 Å². The van der Waals surface area contributed by atoms with Crippen molar-refractivity contribution in [3.63, 3.8) is 0 Å². The second-order valence-electron chi connectivity index (χ2n) is 8.38. The Hall–Kier alpha value is -3.48. The van der Waals surface area contributed by atoms with Crippen molar-refractivity contribution < 1.29 is 29.1 Å². The van der Waals surface area contributed by atoms with Gasteiger partial charge in [0.05, 0.1) is 18.8 Å². The molecule has 1 aliphatic rings. The van der Waals surface area contributed by atoms with Crippen LogP contribution >= 0.6 is 0 Å². The number of carbonyl (C=O) groups excluding carboxylic acids is 4. The Labute approximate surface area is 190 Å². The van der Waals surface area contributed by atoms with E-state index in [1.54, 1.807) is 13.8 Å². The van der Waals surface area contributed by atoms with Gasteiger partial charge in [0.25, 0.3) is 0 Å². The van der Waals surface area contributed by atoms with E-state index in [-0.39, 0.29) is 25.3 Å². The van der Waals surface area contributed by atoms with E-state index < -0.39 is 53.8 Å². The molecule has 4 atom stereocenters. The molecule has 0 radical (unpaired) electrons. The molecule has 0 aromatic carbocycles. The summed E-state index contributed by atoms with van der Waals surface area (Å²) in [4.78, 5) is 69.2. The molecule has 1 aliphatic heterocycles. The van der Waals surface area contributed by atoms with Crippen LogP contribution in [0.1, 0.15) is 38.8 Å². The summed E-state index contributed by atoms with van der Waals surface area (Å²) in [5.74, 6) is -4.16. The van der Waals surface area contributed by atoms with Gasteiger partial charge in [0.2, 0.25) is 23.6 Å². The molecule has 4 unspecified atom stereocenters. The highest BCUT2D eigenvalue weighted by Crippen LogP contribution is 2.19. The predicted octanol–water partition coefficient (Wildman–Crippen LogP) is -2.14. The summed E-state index contributed by atoms with van der Waals surface area (Å²) in [7, 11) is 0. The van der Waals surface area contributed by atoms with Gasteiger partial charge in [-0.05, 0) is 18.8 Å². The Balaban J connectivity index is 2.19. The summed E-state index contributed by atoms with van der Waals surface area (Å²) >= 11 is 0. The zero-order chi connectivity index (χ0) is 24.7. The highest BCUT2D eigenvalue weighted by molar-refractivity contribution is 5.95. The molecule has 0 bridgehead atoms. The van der Waals surface area contributed by atoms with Gasteiger partial charge in [0.15, 0.2) is 0 Å². The summed E-state index contributed by atoms with van der Waals surface area (Å²) in [5.41, 5.74) is 11.3. The highest BCUT2D eigenvalue weighted by atomic mass is 16.4. The monoisotopic (exact) mass is 465 g/mol. The average Bonchev–Trinajstić information content (AvgIpc) is 3.41. The van der Waals surface area contributed by atoms with Crippen LogP contribution in [0.2, 0.25) is 0 Å². The number of imidazole rings is 1. The maximum Gasteiger partial charge on any atom is 0.326 e. The zero-order valence-electron chi connectivity index (χ0n) is 18.6. The standard InChI is InChI=1S/C20H31N7O6/c1-10(2)16(26-17(29)12(21)7-15(22)28)18(30)25-13(6-11-8-23-9-24-11)19(31)27-5-3-4-14(27)20(32)33/h8-10,12-14,16H,3-7,21H2,1-2H3,(H2,22,28)(H,23,24)(H,25,30)(H,26,29)(H,32,33). The normalized spacial score (nSPS) is 18.4. The van der Waals surface area contributed by atoms with Gasteiger partial charge in [0.1, 0.15) is 18.1 Å². The molecule has 0 saturated carbocycles. The van der Waals surface area contributed by atoms with E-state index in [4.69, 9.17) is 11.5 Å². The van der Waals surface area contributed by atoms with E-state index in [1.165, 1.54) is 17.4 Å². The zero-order valence-corrected chi connectivity index (χ0v) is 18.6. The minimum Gasteiger partial charge on any atom is -0.480 e. The van der Waals surface area contributed by atoms with E-state index in [9.17, 15) is 29.1 Å². The van der Waals surface area contributed by atoms with E-state index in [1.807, 2.05) is 0 Å². The number of amides is 4. The molecule has 2 heterocycles. The largest absolute Gasteiger partial charge is 0.480 e. The lowest BCUT2D eigenvalue weighted by Crippen LogP contribution is -2.59. The third-order valence-electron chi connectivity index (χ3n) is 5.42. The number of carbonyl (C=O) groups is 5. The van der Waals surface area contributed by atoms with E-state index in [0.29, 0.717) is 18.5 Å². The molecule has 1 aromatic heterocycles. The summed E-state index contributed by atoms with van der Waals surface area (Å²) in [6.07, 6.45) is 3.45. The number of nitrogens with zero attached hydrogens (tertiary/aromatic N) is 2. The Morgan fingerprint density at radius 3 is 2.48 bits per heavy atom. The van der Waals surface area contributed by atoms with Crippen molar-refractivity contribution >= 4 is 29.6 Å². The topological polar surface area (TPSA) is 214 Å². The van der Waals surface area contributed by atoms with Crippen molar-refractivity contribution in [2.24, 2.45) is 17.4 Å². The lowest BCUT2D eigenvalue weighted by Gasteiger charge is -2.29. The average molecular weight is 466 g/mol. The minimum absolute atomic E-state index is 0.0490. The van der Waals surface area contributed by atoms with Crippen LogP contribution in [0.3, 0.4) is 0 Å². The van der Waals surface area contributed by atoms with E-state index >= 15 is 0 Å². The Morgan fingerprint density at radius 2 is 1.94 bits per heavy atom. The van der Waals surface area contributed by atoms with Gasteiger partial charge >= 0.3 is 5.97 Å². The number of nitrogens with two attached hydrogens (primary N) is 2. The molecule has 33 heavy (non-hydrogen) atoms. The number of carboxylic acid groups (broad SMARTS) is 1. The number of aromatic amines is 1. The van der Waals surface area contributed by atoms with Gasteiger partial charge in [-0.3, -0.25) is 19.2 Å². The summed E-state index contributed by atoms with van der Waals surface area (Å²) in [5, 5.41) is 14.6. The lowest BCUT2D eigenvalue weighted by molar-refractivity contribution is -0.149. The molecule has 1 saturated heterocycles. The Bertz CT molecular complexity index is 872. The molecule has 0 aliphatic carbocycles. The second-order valence-corrected chi connectivity index (χ2v) is 8.38. The minimum atomic E-state index is -1.22. The van der Waals surface area contributed by atoms with Gasteiger partial charge in [-0.15, -0.1) is 0 Å². The highest BCUT2D eigenvalue weighted by Gasteiger charge is 2.39. The van der Waals surface area contributed by atoms with Crippen molar-refractivity contribution in [3.8, 4) is 0 Å². The number of hydrogen-bond donors (Lipinski definition) is 6. The fourth-order valence-corrected chi connectivity index (χ4v) is 3.67. The van der Waals surface area contributed by atoms with E-state index in [0.717, 1.165) is 0 Å². The number of hydrogen-bond acceptors (Lipinski definition) is 7. The first-order valence-corrected chi connectivity index (χ1v) is 10.7. The van der Waals surface area contributed by atoms with Crippen LogP contribution in [0.15, 0.2) is 12.5 Å². The number of primary amides is 1. The summed E-state index contributed by atoms with van der Waals surface area (Å²) in [6.45, 7) is 3.64. The van der Waals surface area contributed by atoms with Crippen molar-refractivity contribution in [2.75, 3.05) is 6.54 Å². The van der Waals surface area contributed by atoms with Gasteiger partial charge in [-0.2, -0.15) is 0 Å². The van der Waals surface area contributed by atoms with Gasteiger partial charge in [0, 0.05) is 24.9 Å². The van der Waals surface area contributed by atoms with Crippen molar-refractivity contribution in [1.82, 2.24) is 25.5 Å². The first kappa shape index (κ1) is 25.8. The number of aliphatic carboxylic acids is 1. The molecular formula is C20H31N7O6. The number of likely N-dealkylation sites (tertiary alicyclic amines) is 1. The van der Waals surface area contributed by atoms with Gasteiger partial charge < -0.3 is 37.1 Å². The summed E-state index contributed by atoms with van der Waals surface area (Å²) < 4.78 is 0. The second kappa shape index (κ2) is 11.4. The molecule has 2 rings (SSSR count). The van der Waals surface area contributed by atoms with Crippen LogP contribution in [-0.4, -0.2) is 80.3 Å². The van der Waals surface area contributed by atoms with Gasteiger partial charge in [-0.25, -0.2) is 9.78 Å². The molecule has 0 spiro atoms. The molecule has 4 amide bonds. The predicted molar refractivity (Wildman–Crippen MR) is 115 cm³/mol. The lowest BCUT2D eigenvalue weighted by atomic mass is 10.0. The number of carboxylic acids is 1. The molecule has 1 fully saturated rings. The quantitative estimate of drug-likeness (QED) is 0.211. The fourth-order valence-electron chi connectivity index (χ4n) is 3.67.